The lowest BCUT2D eigenvalue weighted by Crippen LogP contribution is -2.29. The van der Waals surface area contributed by atoms with Gasteiger partial charge in [0.05, 0.1) is 19.3 Å². The third-order valence-electron chi connectivity index (χ3n) is 8.64. The Morgan fingerprint density at radius 3 is 1.70 bits per heavy atom. The minimum atomic E-state index is -4.41. The molecule has 322 valence electrons. The van der Waals surface area contributed by atoms with Crippen LogP contribution in [0, 0.1) is 0 Å². The van der Waals surface area contributed by atoms with Gasteiger partial charge < -0.3 is 25.2 Å². The summed E-state index contributed by atoms with van der Waals surface area (Å²) in [5, 5.41) is 9.81. The van der Waals surface area contributed by atoms with Crippen LogP contribution >= 0.6 is 7.82 Å². The van der Waals surface area contributed by atoms with Gasteiger partial charge in [-0.05, 0) is 77.0 Å². The molecule has 0 bridgehead atoms. The number of hydrogen-bond donors (Lipinski definition) is 3. The molecule has 0 rings (SSSR count). The number of aliphatic hydroxyl groups excluding tert-OH is 1. The molecule has 0 aliphatic rings. The maximum Gasteiger partial charge on any atom is 0.472 e. The summed E-state index contributed by atoms with van der Waals surface area (Å²) in [6.07, 6.45) is 45.5. The summed E-state index contributed by atoms with van der Waals surface area (Å²) in [6.45, 7) is 3.45. The van der Waals surface area contributed by atoms with E-state index in [1.54, 1.807) is 0 Å². The molecule has 0 saturated heterocycles. The fourth-order valence-corrected chi connectivity index (χ4v) is 6.15. The summed E-state index contributed by atoms with van der Waals surface area (Å²) in [6, 6.07) is 0. The van der Waals surface area contributed by atoms with Crippen molar-refractivity contribution in [2.24, 2.45) is 5.73 Å². The number of hydrogen-bond acceptors (Lipinski definition) is 9. The minimum Gasteiger partial charge on any atom is -0.462 e. The van der Waals surface area contributed by atoms with E-state index in [1.165, 1.54) is 44.9 Å². The molecule has 0 aromatic heterocycles. The van der Waals surface area contributed by atoms with E-state index in [0.717, 1.165) is 70.6 Å². The normalized spacial score (nSPS) is 14.6. The van der Waals surface area contributed by atoms with Gasteiger partial charge in [-0.15, -0.1) is 0 Å². The fourth-order valence-electron chi connectivity index (χ4n) is 5.38. The molecule has 56 heavy (non-hydrogen) atoms. The second-order valence-electron chi connectivity index (χ2n) is 14.0. The second-order valence-corrected chi connectivity index (χ2v) is 15.5. The van der Waals surface area contributed by atoms with Crippen LogP contribution in [0.15, 0.2) is 72.9 Å². The fraction of sp³-hybridized carbons (Fsp3) is 0.689. The van der Waals surface area contributed by atoms with Crippen LogP contribution < -0.4 is 5.73 Å². The molecule has 0 spiro atoms. The molecule has 11 heteroatoms. The second kappa shape index (κ2) is 40.6. The van der Waals surface area contributed by atoms with Crippen LogP contribution in [-0.4, -0.2) is 60.5 Å². The van der Waals surface area contributed by atoms with Gasteiger partial charge in [-0.2, -0.15) is 0 Å². The van der Waals surface area contributed by atoms with E-state index in [-0.39, 0.29) is 38.7 Å². The van der Waals surface area contributed by atoms with Crippen molar-refractivity contribution in [3.05, 3.63) is 72.9 Å². The van der Waals surface area contributed by atoms with Crippen LogP contribution in [0.4, 0.5) is 0 Å². The third kappa shape index (κ3) is 39.6. The maximum absolute atomic E-state index is 12.6. The smallest absolute Gasteiger partial charge is 0.462 e. The van der Waals surface area contributed by atoms with E-state index in [1.807, 2.05) is 24.3 Å². The Balaban J connectivity index is 4.31. The highest BCUT2D eigenvalue weighted by molar-refractivity contribution is 7.47. The molecule has 0 saturated carbocycles. The zero-order valence-corrected chi connectivity index (χ0v) is 35.8. The standard InChI is InChI=1S/C45H78NO9P/c1-3-5-7-8-9-10-11-12-13-14-15-16-20-23-26-29-32-36-44(48)52-40-43(41-54-56(50,51)53-39-38-46)55-45(49)37-33-30-27-24-21-18-17-19-22-25-28-31-35-42(47)34-6-4-2/h9-10,12-13,17-18,22,24-25,27,31,35,42-43,47H,3-8,11,14-16,19-21,23,26,28-30,32-34,36-41,46H2,1-2H3,(H,50,51)/b10-9-,13-12-,18-17-,25-22-,27-24-,35-31-/t42-,43-/m1/s1. The van der Waals surface area contributed by atoms with Crippen LogP contribution in [0.1, 0.15) is 162 Å². The number of allylic oxidation sites excluding steroid dienone is 11. The molecule has 3 atom stereocenters. The number of carbonyl (C=O) groups is 2. The largest absolute Gasteiger partial charge is 0.472 e. The van der Waals surface area contributed by atoms with E-state index in [0.29, 0.717) is 19.3 Å². The van der Waals surface area contributed by atoms with Gasteiger partial charge in [-0.1, -0.05) is 145 Å². The number of nitrogens with two attached hydrogens (primary N) is 1. The van der Waals surface area contributed by atoms with Crippen LogP contribution in [-0.2, 0) is 32.7 Å². The van der Waals surface area contributed by atoms with Crippen molar-refractivity contribution in [3.63, 3.8) is 0 Å². The van der Waals surface area contributed by atoms with Crippen molar-refractivity contribution in [2.45, 2.75) is 174 Å². The Bertz CT molecular complexity index is 1160. The highest BCUT2D eigenvalue weighted by atomic mass is 31.2. The van der Waals surface area contributed by atoms with Gasteiger partial charge in [0.25, 0.3) is 0 Å². The van der Waals surface area contributed by atoms with Gasteiger partial charge >= 0.3 is 19.8 Å². The summed E-state index contributed by atoms with van der Waals surface area (Å²) in [5.74, 6) is -0.932. The molecule has 0 aliphatic heterocycles. The summed E-state index contributed by atoms with van der Waals surface area (Å²) in [4.78, 5) is 34.8. The molecule has 0 fully saturated rings. The van der Waals surface area contributed by atoms with E-state index in [2.05, 4.69) is 62.5 Å². The summed E-state index contributed by atoms with van der Waals surface area (Å²) < 4.78 is 32.7. The summed E-state index contributed by atoms with van der Waals surface area (Å²) in [7, 11) is -4.41. The van der Waals surface area contributed by atoms with Crippen molar-refractivity contribution in [2.75, 3.05) is 26.4 Å². The number of esters is 2. The van der Waals surface area contributed by atoms with Gasteiger partial charge in [0.1, 0.15) is 6.61 Å². The van der Waals surface area contributed by atoms with Crippen molar-refractivity contribution in [1.29, 1.82) is 0 Å². The van der Waals surface area contributed by atoms with E-state index in [4.69, 9.17) is 24.3 Å². The molecule has 4 N–H and O–H groups in total. The van der Waals surface area contributed by atoms with Crippen molar-refractivity contribution >= 4 is 19.8 Å². The van der Waals surface area contributed by atoms with Gasteiger partial charge in [-0.25, -0.2) is 4.57 Å². The zero-order chi connectivity index (χ0) is 41.2. The molecular weight excluding hydrogens is 729 g/mol. The molecule has 1 unspecified atom stereocenters. The third-order valence-corrected chi connectivity index (χ3v) is 9.62. The maximum atomic E-state index is 12.6. The molecule has 0 aromatic carbocycles. The van der Waals surface area contributed by atoms with Crippen molar-refractivity contribution in [1.82, 2.24) is 0 Å². The van der Waals surface area contributed by atoms with E-state index in [9.17, 15) is 24.2 Å². The average Bonchev–Trinajstić information content (AvgIpc) is 3.18. The number of rotatable bonds is 39. The first kappa shape index (κ1) is 53.4. The lowest BCUT2D eigenvalue weighted by Gasteiger charge is -2.19. The SMILES string of the molecule is CCCCC/C=C\C/C=C\CCCCCCCCCC(=O)OC[C@H](COP(=O)(O)OCCN)OC(=O)CCC/C=C\C/C=C\C/C=C\C/C=C\[C@H](O)CCCC. The monoisotopic (exact) mass is 808 g/mol. The summed E-state index contributed by atoms with van der Waals surface area (Å²) >= 11 is 0. The Morgan fingerprint density at radius 1 is 0.607 bits per heavy atom. The van der Waals surface area contributed by atoms with Gasteiger partial charge in [0, 0.05) is 19.4 Å². The Labute approximate surface area is 340 Å². The van der Waals surface area contributed by atoms with Crippen LogP contribution in [0.2, 0.25) is 0 Å². The molecule has 0 aromatic rings. The van der Waals surface area contributed by atoms with Gasteiger partial charge in [-0.3, -0.25) is 18.6 Å². The van der Waals surface area contributed by atoms with Gasteiger partial charge in [0.15, 0.2) is 6.10 Å². The highest BCUT2D eigenvalue weighted by Crippen LogP contribution is 2.43. The minimum absolute atomic E-state index is 0.0333. The molecular formula is C45H78NO9P. The molecule has 0 heterocycles. The molecule has 0 amide bonds. The highest BCUT2D eigenvalue weighted by Gasteiger charge is 2.25. The average molecular weight is 808 g/mol. The zero-order valence-electron chi connectivity index (χ0n) is 35.0. The number of phosphoric ester groups is 1. The van der Waals surface area contributed by atoms with Crippen molar-refractivity contribution in [3.8, 4) is 0 Å². The van der Waals surface area contributed by atoms with E-state index >= 15 is 0 Å². The first-order chi connectivity index (χ1) is 27.2. The predicted octanol–water partition coefficient (Wildman–Crippen LogP) is 11.2. The first-order valence-electron chi connectivity index (χ1n) is 21.5. The summed E-state index contributed by atoms with van der Waals surface area (Å²) in [5.41, 5.74) is 5.34. The first-order valence-corrected chi connectivity index (χ1v) is 23.0. The number of ether oxygens (including phenoxy) is 2. The quantitative estimate of drug-likeness (QED) is 0.0236. The number of phosphoric acid groups is 1. The topological polar surface area (TPSA) is 155 Å². The molecule has 0 radical (unpaired) electrons. The number of aliphatic hydroxyl groups is 1. The van der Waals surface area contributed by atoms with Gasteiger partial charge in [0.2, 0.25) is 0 Å². The number of carbonyl (C=O) groups excluding carboxylic acids is 2. The van der Waals surface area contributed by atoms with Crippen LogP contribution in [0.3, 0.4) is 0 Å². The Morgan fingerprint density at radius 2 is 1.11 bits per heavy atom. The van der Waals surface area contributed by atoms with Crippen LogP contribution in [0.25, 0.3) is 0 Å². The number of unbranched alkanes of at least 4 members (excludes halogenated alkanes) is 12. The Hall–Kier alpha value is -2.59. The Kier molecular flexibility index (Phi) is 38.7. The van der Waals surface area contributed by atoms with Crippen molar-refractivity contribution < 1.29 is 42.7 Å². The van der Waals surface area contributed by atoms with Crippen LogP contribution in [0.5, 0.6) is 0 Å². The predicted molar refractivity (Wildman–Crippen MR) is 230 cm³/mol. The van der Waals surface area contributed by atoms with E-state index < -0.39 is 32.5 Å². The molecule has 10 nitrogen and oxygen atoms in total. The molecule has 0 aliphatic carbocycles. The lowest BCUT2D eigenvalue weighted by molar-refractivity contribution is -0.161. The lowest BCUT2D eigenvalue weighted by atomic mass is 10.1.